The van der Waals surface area contributed by atoms with Gasteiger partial charge in [-0.1, -0.05) is 0 Å². The van der Waals surface area contributed by atoms with Gasteiger partial charge in [0.05, 0.1) is 16.6 Å². The summed E-state index contributed by atoms with van der Waals surface area (Å²) in [5.41, 5.74) is -0.153. The molecule has 0 aliphatic heterocycles. The lowest BCUT2D eigenvalue weighted by molar-refractivity contribution is -0.137. The molecule has 0 fully saturated rings. The Morgan fingerprint density at radius 3 is 2.74 bits per heavy atom. The maximum atomic E-state index is 12.6. The summed E-state index contributed by atoms with van der Waals surface area (Å²) in [6, 6.07) is 2.92. The second-order valence-corrected chi connectivity index (χ2v) is 4.11. The summed E-state index contributed by atoms with van der Waals surface area (Å²) in [5, 5.41) is 9.66. The van der Waals surface area contributed by atoms with Gasteiger partial charge in [0.15, 0.2) is 0 Å². The Balaban J connectivity index is 2.41. The van der Waals surface area contributed by atoms with Crippen LogP contribution in [0.2, 0.25) is 0 Å². The molecule has 0 bridgehead atoms. The van der Waals surface area contributed by atoms with Gasteiger partial charge in [0.25, 0.3) is 6.01 Å². The van der Waals surface area contributed by atoms with Crippen LogP contribution in [0.3, 0.4) is 0 Å². The van der Waals surface area contributed by atoms with Gasteiger partial charge < -0.3 is 9.84 Å². The van der Waals surface area contributed by atoms with Gasteiger partial charge in [-0.05, 0) is 24.6 Å². The van der Waals surface area contributed by atoms with Gasteiger partial charge in [-0.25, -0.2) is 0 Å². The van der Waals surface area contributed by atoms with Crippen molar-refractivity contribution < 1.29 is 23.0 Å². The van der Waals surface area contributed by atoms with E-state index in [4.69, 9.17) is 4.74 Å². The largest absolute Gasteiger partial charge is 0.480 e. The van der Waals surface area contributed by atoms with E-state index in [1.165, 1.54) is 17.7 Å². The molecule has 0 amide bonds. The van der Waals surface area contributed by atoms with E-state index in [9.17, 15) is 18.3 Å². The van der Waals surface area contributed by atoms with Crippen LogP contribution in [0.5, 0.6) is 6.01 Å². The molecule has 104 valence electrons. The minimum atomic E-state index is -4.41. The molecule has 0 saturated carbocycles. The van der Waals surface area contributed by atoms with Crippen molar-refractivity contribution in [2.24, 2.45) is 0 Å². The summed E-state index contributed by atoms with van der Waals surface area (Å²) >= 11 is 0. The van der Waals surface area contributed by atoms with E-state index >= 15 is 0 Å². The molecule has 0 aliphatic rings. The first-order chi connectivity index (χ1) is 8.93. The molecule has 0 radical (unpaired) electrons. The van der Waals surface area contributed by atoms with E-state index in [-0.39, 0.29) is 11.5 Å². The lowest BCUT2D eigenvalue weighted by Gasteiger charge is -2.08. The predicted octanol–water partition coefficient (Wildman–Crippen LogP) is 2.80. The number of aromatic nitrogens is 2. The number of benzene rings is 1. The van der Waals surface area contributed by atoms with Crippen LogP contribution >= 0.6 is 0 Å². The molecule has 19 heavy (non-hydrogen) atoms. The van der Waals surface area contributed by atoms with E-state index in [2.05, 4.69) is 4.98 Å². The standard InChI is InChI=1S/C12H13F3N2O2/c1-19-6-2-5-17-10-7-8(12(13,14)15)3-4-9(10)16-11(17)18/h3-4,7H,2,5-6H2,1H3,(H,16,18). The van der Waals surface area contributed by atoms with Crippen molar-refractivity contribution in [3.63, 3.8) is 0 Å². The molecule has 2 rings (SSSR count). The molecule has 1 aromatic heterocycles. The fraction of sp³-hybridized carbons (Fsp3) is 0.417. The highest BCUT2D eigenvalue weighted by Crippen LogP contribution is 2.32. The first-order valence-electron chi connectivity index (χ1n) is 5.69. The third-order valence-electron chi connectivity index (χ3n) is 2.79. The molecule has 0 unspecified atom stereocenters. The first-order valence-corrected chi connectivity index (χ1v) is 5.69. The second-order valence-electron chi connectivity index (χ2n) is 4.11. The molecule has 0 atom stereocenters. The number of ether oxygens (including phenoxy) is 1. The van der Waals surface area contributed by atoms with Crippen LogP contribution in [0.4, 0.5) is 13.2 Å². The number of imidazole rings is 1. The van der Waals surface area contributed by atoms with E-state index in [1.54, 1.807) is 0 Å². The number of nitrogens with zero attached hydrogens (tertiary/aromatic N) is 2. The average Bonchev–Trinajstić information content (AvgIpc) is 2.64. The summed E-state index contributed by atoms with van der Waals surface area (Å²) in [5.74, 6) is 0. The summed E-state index contributed by atoms with van der Waals surface area (Å²) in [6.45, 7) is 0.801. The first kappa shape index (κ1) is 13.7. The van der Waals surface area contributed by atoms with E-state index in [1.807, 2.05) is 0 Å². The van der Waals surface area contributed by atoms with Crippen LogP contribution in [0.15, 0.2) is 18.2 Å². The van der Waals surface area contributed by atoms with Gasteiger partial charge in [0.2, 0.25) is 0 Å². The number of hydrogen-bond donors (Lipinski definition) is 1. The van der Waals surface area contributed by atoms with Crippen molar-refractivity contribution in [2.45, 2.75) is 19.1 Å². The third kappa shape index (κ3) is 2.81. The van der Waals surface area contributed by atoms with Gasteiger partial charge >= 0.3 is 6.18 Å². The Morgan fingerprint density at radius 1 is 1.37 bits per heavy atom. The molecular weight excluding hydrogens is 261 g/mol. The highest BCUT2D eigenvalue weighted by atomic mass is 19.4. The zero-order valence-electron chi connectivity index (χ0n) is 10.2. The molecule has 2 aromatic rings. The molecule has 1 heterocycles. The Hall–Kier alpha value is -1.76. The zero-order valence-corrected chi connectivity index (χ0v) is 10.2. The summed E-state index contributed by atoms with van der Waals surface area (Å²) in [4.78, 5) is 3.83. The van der Waals surface area contributed by atoms with Crippen LogP contribution in [-0.4, -0.2) is 28.4 Å². The highest BCUT2D eigenvalue weighted by molar-refractivity contribution is 5.77. The van der Waals surface area contributed by atoms with Crippen LogP contribution < -0.4 is 0 Å². The highest BCUT2D eigenvalue weighted by Gasteiger charge is 2.31. The van der Waals surface area contributed by atoms with Gasteiger partial charge in [0.1, 0.15) is 0 Å². The van der Waals surface area contributed by atoms with E-state index < -0.39 is 11.7 Å². The van der Waals surface area contributed by atoms with Crippen molar-refractivity contribution in [2.75, 3.05) is 13.7 Å². The Morgan fingerprint density at radius 2 is 2.11 bits per heavy atom. The van der Waals surface area contributed by atoms with Gasteiger partial charge in [0, 0.05) is 20.3 Å². The summed E-state index contributed by atoms with van der Waals surface area (Å²) in [7, 11) is 1.54. The van der Waals surface area contributed by atoms with Gasteiger partial charge in [-0.15, -0.1) is 0 Å². The summed E-state index contributed by atoms with van der Waals surface area (Å²) < 4.78 is 44.2. The Bertz CT molecular complexity index is 578. The number of methoxy groups -OCH3 is 1. The van der Waals surface area contributed by atoms with E-state index in [0.717, 1.165) is 12.1 Å². The van der Waals surface area contributed by atoms with Crippen LogP contribution in [0.25, 0.3) is 11.0 Å². The normalized spacial score (nSPS) is 12.2. The van der Waals surface area contributed by atoms with Crippen LogP contribution in [0.1, 0.15) is 12.0 Å². The van der Waals surface area contributed by atoms with Gasteiger partial charge in [-0.2, -0.15) is 18.2 Å². The Labute approximate surface area is 107 Å². The Kier molecular flexibility index (Phi) is 3.66. The van der Waals surface area contributed by atoms with Crippen molar-refractivity contribution in [3.05, 3.63) is 23.8 Å². The number of aryl methyl sites for hydroxylation is 1. The van der Waals surface area contributed by atoms with Crippen LogP contribution in [0, 0.1) is 0 Å². The molecule has 4 nitrogen and oxygen atoms in total. The fourth-order valence-corrected chi connectivity index (χ4v) is 1.87. The molecule has 0 aliphatic carbocycles. The smallest absolute Gasteiger partial charge is 0.416 e. The molecule has 1 aromatic carbocycles. The number of alkyl halides is 3. The molecule has 7 heteroatoms. The van der Waals surface area contributed by atoms with Crippen molar-refractivity contribution in [1.29, 1.82) is 0 Å². The van der Waals surface area contributed by atoms with Crippen molar-refractivity contribution >= 4 is 11.0 Å². The monoisotopic (exact) mass is 274 g/mol. The zero-order chi connectivity index (χ0) is 14.0. The molecular formula is C12H13F3N2O2. The van der Waals surface area contributed by atoms with E-state index in [0.29, 0.717) is 25.1 Å². The van der Waals surface area contributed by atoms with Crippen molar-refractivity contribution in [1.82, 2.24) is 9.55 Å². The lowest BCUT2D eigenvalue weighted by Crippen LogP contribution is -2.06. The maximum absolute atomic E-state index is 12.6. The minimum Gasteiger partial charge on any atom is -0.480 e. The van der Waals surface area contributed by atoms with Crippen LogP contribution in [-0.2, 0) is 17.5 Å². The predicted molar refractivity (Wildman–Crippen MR) is 62.9 cm³/mol. The van der Waals surface area contributed by atoms with Crippen molar-refractivity contribution in [3.8, 4) is 6.01 Å². The van der Waals surface area contributed by atoms with Gasteiger partial charge in [-0.3, -0.25) is 4.57 Å². The number of rotatable bonds is 4. The maximum Gasteiger partial charge on any atom is 0.416 e. The number of fused-ring (bicyclic) bond motifs is 1. The second kappa shape index (κ2) is 5.08. The minimum absolute atomic E-state index is 0.267. The lowest BCUT2D eigenvalue weighted by atomic mass is 10.2. The topological polar surface area (TPSA) is 47.3 Å². The fourth-order valence-electron chi connectivity index (χ4n) is 1.87. The quantitative estimate of drug-likeness (QED) is 0.872. The number of halogens is 3. The molecule has 0 saturated heterocycles. The average molecular weight is 274 g/mol. The number of hydrogen-bond acceptors (Lipinski definition) is 3. The third-order valence-corrected chi connectivity index (χ3v) is 2.79. The SMILES string of the molecule is COCCCn1c(O)nc2ccc(C(F)(F)F)cc21. The summed E-state index contributed by atoms with van der Waals surface area (Å²) in [6.07, 6.45) is -3.84. The number of aromatic hydroxyl groups is 1. The molecule has 0 spiro atoms. The molecule has 1 N–H and O–H groups in total.